The average molecular weight is 478 g/mol. The highest BCUT2D eigenvalue weighted by molar-refractivity contribution is 7.88. The Labute approximate surface area is 183 Å². The summed E-state index contributed by atoms with van der Waals surface area (Å²) in [7, 11) is -3.86. The number of carbonyl (C=O) groups excluding carboxylic acids is 2. The van der Waals surface area contributed by atoms with Gasteiger partial charge < -0.3 is 20.1 Å². The minimum absolute atomic E-state index is 0.00652. The minimum Gasteiger partial charge on any atom is -0.442 e. The molecule has 14 heteroatoms. The zero-order valence-electron chi connectivity index (χ0n) is 17.3. The fraction of sp³-hybridized carbons (Fsp3) is 0.556. The Hall–Kier alpha value is -2.55. The maximum atomic E-state index is 14.9. The SMILES string of the molecule is CC(=O)NC[C@H]1CN(c2cc(F)c(N3CCON(S(=O)(=O)CCO)CC3)c(F)c2)C(=O)O1. The van der Waals surface area contributed by atoms with Crippen LogP contribution in [0.25, 0.3) is 0 Å². The molecule has 2 aliphatic heterocycles. The van der Waals surface area contributed by atoms with E-state index in [1.807, 2.05) is 0 Å². The van der Waals surface area contributed by atoms with E-state index in [-0.39, 0.29) is 56.6 Å². The van der Waals surface area contributed by atoms with Crippen molar-refractivity contribution in [1.29, 1.82) is 0 Å². The van der Waals surface area contributed by atoms with Crippen LogP contribution in [-0.2, 0) is 24.4 Å². The summed E-state index contributed by atoms with van der Waals surface area (Å²) in [5.74, 6) is -2.71. The van der Waals surface area contributed by atoms with Gasteiger partial charge in [0.15, 0.2) is 11.6 Å². The Kier molecular flexibility index (Phi) is 7.48. The summed E-state index contributed by atoms with van der Waals surface area (Å²) in [5.41, 5.74) is -0.418. The molecule has 1 aromatic carbocycles. The number of nitrogens with one attached hydrogen (secondary N) is 1. The van der Waals surface area contributed by atoms with Crippen LogP contribution in [0.2, 0.25) is 0 Å². The summed E-state index contributed by atoms with van der Waals surface area (Å²) in [4.78, 5) is 30.7. The molecule has 2 heterocycles. The van der Waals surface area contributed by atoms with Gasteiger partial charge in [-0.05, 0) is 0 Å². The zero-order chi connectivity index (χ0) is 23.5. The molecule has 1 aromatic rings. The number of benzene rings is 1. The van der Waals surface area contributed by atoms with Gasteiger partial charge >= 0.3 is 6.09 Å². The predicted molar refractivity (Wildman–Crippen MR) is 108 cm³/mol. The molecule has 3 rings (SSSR count). The number of nitrogens with zero attached hydrogens (tertiary/aromatic N) is 3. The molecule has 0 spiro atoms. The molecular formula is C18H24F2N4O7S. The largest absolute Gasteiger partial charge is 0.442 e. The second-order valence-corrected chi connectivity index (χ2v) is 9.18. The highest BCUT2D eigenvalue weighted by Crippen LogP contribution is 2.31. The molecule has 0 saturated carbocycles. The molecule has 0 aliphatic carbocycles. The van der Waals surface area contributed by atoms with E-state index < -0.39 is 46.2 Å². The summed E-state index contributed by atoms with van der Waals surface area (Å²) < 4.78 is 59.7. The molecule has 0 unspecified atom stereocenters. The molecule has 178 valence electrons. The van der Waals surface area contributed by atoms with Crippen LogP contribution in [0.1, 0.15) is 6.92 Å². The number of anilines is 2. The summed E-state index contributed by atoms with van der Waals surface area (Å²) in [6.07, 6.45) is -1.45. The molecular weight excluding hydrogens is 454 g/mol. The van der Waals surface area contributed by atoms with Gasteiger partial charge in [-0.15, -0.1) is 0 Å². The molecule has 2 aliphatic rings. The van der Waals surface area contributed by atoms with Crippen molar-refractivity contribution < 1.29 is 41.5 Å². The van der Waals surface area contributed by atoms with Crippen LogP contribution in [0.15, 0.2) is 12.1 Å². The molecule has 32 heavy (non-hydrogen) atoms. The van der Waals surface area contributed by atoms with E-state index in [1.165, 1.54) is 11.8 Å². The molecule has 2 amide bonds. The Bertz CT molecular complexity index is 955. The van der Waals surface area contributed by atoms with Crippen molar-refractivity contribution in [3.8, 4) is 0 Å². The van der Waals surface area contributed by atoms with Gasteiger partial charge in [0, 0.05) is 32.1 Å². The molecule has 0 radical (unpaired) electrons. The lowest BCUT2D eigenvalue weighted by molar-refractivity contribution is -0.119. The van der Waals surface area contributed by atoms with Crippen LogP contribution in [0.5, 0.6) is 0 Å². The van der Waals surface area contributed by atoms with Crippen LogP contribution >= 0.6 is 0 Å². The molecule has 2 saturated heterocycles. The number of cyclic esters (lactones) is 1. The Morgan fingerprint density at radius 3 is 2.56 bits per heavy atom. The average Bonchev–Trinajstić information content (AvgIpc) is 2.91. The third kappa shape index (κ3) is 5.43. The normalized spacial score (nSPS) is 20.2. The number of hydrogen-bond acceptors (Lipinski definition) is 8. The first-order valence-electron chi connectivity index (χ1n) is 9.83. The highest BCUT2D eigenvalue weighted by Gasteiger charge is 2.34. The first kappa shape index (κ1) is 24.1. The van der Waals surface area contributed by atoms with Crippen molar-refractivity contribution in [2.45, 2.75) is 13.0 Å². The number of carbonyl (C=O) groups is 2. The van der Waals surface area contributed by atoms with E-state index in [0.29, 0.717) is 4.47 Å². The maximum Gasteiger partial charge on any atom is 0.414 e. The van der Waals surface area contributed by atoms with Gasteiger partial charge in [-0.25, -0.2) is 22.0 Å². The number of hydroxylamine groups is 1. The van der Waals surface area contributed by atoms with Crippen LogP contribution in [-0.4, -0.2) is 87.8 Å². The Morgan fingerprint density at radius 2 is 1.94 bits per heavy atom. The lowest BCUT2D eigenvalue weighted by atomic mass is 10.2. The third-order valence-corrected chi connectivity index (χ3v) is 6.50. The van der Waals surface area contributed by atoms with Crippen LogP contribution in [0.4, 0.5) is 25.0 Å². The first-order chi connectivity index (χ1) is 15.1. The van der Waals surface area contributed by atoms with Gasteiger partial charge in [0.05, 0.1) is 44.3 Å². The predicted octanol–water partition coefficient (Wildman–Crippen LogP) is -0.198. The molecule has 11 nitrogen and oxygen atoms in total. The fourth-order valence-corrected chi connectivity index (χ4v) is 4.43. The van der Waals surface area contributed by atoms with Gasteiger partial charge in [0.2, 0.25) is 15.9 Å². The second kappa shape index (κ2) is 9.94. The van der Waals surface area contributed by atoms with E-state index >= 15 is 0 Å². The lowest BCUT2D eigenvalue weighted by Crippen LogP contribution is -2.37. The Balaban J connectivity index is 1.74. The summed E-state index contributed by atoms with van der Waals surface area (Å²) >= 11 is 0. The van der Waals surface area contributed by atoms with Crippen molar-refractivity contribution in [3.05, 3.63) is 23.8 Å². The van der Waals surface area contributed by atoms with Gasteiger partial charge in [0.1, 0.15) is 11.8 Å². The number of amides is 2. The van der Waals surface area contributed by atoms with Gasteiger partial charge in [-0.1, -0.05) is 4.47 Å². The van der Waals surface area contributed by atoms with Crippen molar-refractivity contribution in [1.82, 2.24) is 9.79 Å². The van der Waals surface area contributed by atoms with Gasteiger partial charge in [-0.2, -0.15) is 0 Å². The summed E-state index contributed by atoms with van der Waals surface area (Å²) in [6, 6.07) is 1.99. The summed E-state index contributed by atoms with van der Waals surface area (Å²) in [6.45, 7) is 0.442. The second-order valence-electron chi connectivity index (χ2n) is 7.20. The van der Waals surface area contributed by atoms with E-state index in [0.717, 1.165) is 17.0 Å². The van der Waals surface area contributed by atoms with E-state index in [2.05, 4.69) is 5.32 Å². The summed E-state index contributed by atoms with van der Waals surface area (Å²) in [5, 5.41) is 11.4. The highest BCUT2D eigenvalue weighted by atomic mass is 32.2. The number of hydrogen-bond donors (Lipinski definition) is 2. The smallest absolute Gasteiger partial charge is 0.414 e. The monoisotopic (exact) mass is 478 g/mol. The molecule has 2 N–H and O–H groups in total. The topological polar surface area (TPSA) is 129 Å². The zero-order valence-corrected chi connectivity index (χ0v) is 18.1. The first-order valence-corrected chi connectivity index (χ1v) is 11.4. The molecule has 0 bridgehead atoms. The van der Waals surface area contributed by atoms with Gasteiger partial charge in [0.25, 0.3) is 0 Å². The van der Waals surface area contributed by atoms with Crippen LogP contribution in [0.3, 0.4) is 0 Å². The molecule has 0 aromatic heterocycles. The van der Waals surface area contributed by atoms with Crippen molar-refractivity contribution in [2.75, 3.05) is 61.5 Å². The van der Waals surface area contributed by atoms with Crippen molar-refractivity contribution in [2.24, 2.45) is 0 Å². The number of ether oxygens (including phenoxy) is 1. The number of halogens is 2. The number of aliphatic hydroxyl groups excluding tert-OH is 1. The number of aliphatic hydroxyl groups is 1. The third-order valence-electron chi connectivity index (χ3n) is 4.89. The minimum atomic E-state index is -3.86. The van der Waals surface area contributed by atoms with Crippen molar-refractivity contribution in [3.63, 3.8) is 0 Å². The number of sulfonamides is 1. The molecule has 2 fully saturated rings. The standard InChI is InChI=1S/C18H24F2N4O7S/c1-12(26)21-10-14-11-23(18(27)31-14)13-8-15(19)17(16(20)9-13)22-2-3-24(30-6-4-22)32(28,29)7-5-25/h8-9,14,25H,2-7,10-11H2,1H3,(H,21,26)/t14-/m0/s1. The fourth-order valence-electron chi connectivity index (χ4n) is 3.40. The van der Waals surface area contributed by atoms with Gasteiger partial charge in [-0.3, -0.25) is 14.5 Å². The lowest BCUT2D eigenvalue weighted by Gasteiger charge is -2.24. The maximum absolute atomic E-state index is 14.9. The number of rotatable bonds is 7. The van der Waals surface area contributed by atoms with Crippen LogP contribution in [0, 0.1) is 11.6 Å². The van der Waals surface area contributed by atoms with E-state index in [9.17, 15) is 26.8 Å². The quantitative estimate of drug-likeness (QED) is 0.552. The van der Waals surface area contributed by atoms with E-state index in [1.54, 1.807) is 0 Å². The van der Waals surface area contributed by atoms with E-state index in [4.69, 9.17) is 14.7 Å². The van der Waals surface area contributed by atoms with Crippen LogP contribution < -0.4 is 15.1 Å². The Morgan fingerprint density at radius 1 is 1.25 bits per heavy atom. The van der Waals surface area contributed by atoms with Crippen molar-refractivity contribution >= 4 is 33.4 Å². The molecule has 1 atom stereocenters.